The van der Waals surface area contributed by atoms with Crippen LogP contribution in [0.1, 0.15) is 55.2 Å². The number of H-pyrrole nitrogens is 1. The molecule has 1 amide bonds. The molecule has 0 aromatic carbocycles. The molecule has 0 spiro atoms. The minimum atomic E-state index is -0.0832. The average Bonchev–Trinajstić information content (AvgIpc) is 2.89. The number of likely N-dealkylation sites (tertiary alicyclic amines) is 1. The fourth-order valence-electron chi connectivity index (χ4n) is 2.35. The summed E-state index contributed by atoms with van der Waals surface area (Å²) in [5.41, 5.74) is 1.49. The van der Waals surface area contributed by atoms with Gasteiger partial charge in [0, 0.05) is 18.8 Å². The molecule has 2 N–H and O–H groups in total. The smallest absolute Gasteiger partial charge is 0.271 e. The van der Waals surface area contributed by atoms with E-state index in [9.17, 15) is 4.79 Å². The van der Waals surface area contributed by atoms with Crippen LogP contribution in [0.2, 0.25) is 0 Å². The maximum atomic E-state index is 11.9. The first-order valence-electron chi connectivity index (χ1n) is 7.22. The fourth-order valence-corrected chi connectivity index (χ4v) is 2.35. The van der Waals surface area contributed by atoms with Gasteiger partial charge in [-0.05, 0) is 37.9 Å². The van der Waals surface area contributed by atoms with Gasteiger partial charge in [-0.25, -0.2) is 0 Å². The number of aromatic amines is 1. The molecule has 5 heteroatoms. The van der Waals surface area contributed by atoms with E-state index >= 15 is 0 Å². The van der Waals surface area contributed by atoms with Crippen molar-refractivity contribution < 1.29 is 4.79 Å². The standard InChI is InChI=1S/C14H24N4O/c1-11(2)12-10-13(17-16-12)14(19)15-6-9-18-7-4-3-5-8-18/h10-11H,3-9H2,1-2H3,(H,15,19)(H,16,17). The highest BCUT2D eigenvalue weighted by molar-refractivity contribution is 5.92. The molecule has 1 aliphatic heterocycles. The summed E-state index contributed by atoms with van der Waals surface area (Å²) in [5.74, 6) is 0.280. The van der Waals surface area contributed by atoms with Gasteiger partial charge in [-0.3, -0.25) is 9.89 Å². The first kappa shape index (κ1) is 14.1. The van der Waals surface area contributed by atoms with Gasteiger partial charge in [0.2, 0.25) is 0 Å². The van der Waals surface area contributed by atoms with Crippen molar-refractivity contribution in [1.82, 2.24) is 20.4 Å². The first-order valence-corrected chi connectivity index (χ1v) is 7.22. The Hall–Kier alpha value is -1.36. The van der Waals surface area contributed by atoms with Crippen LogP contribution in [-0.4, -0.2) is 47.2 Å². The minimum Gasteiger partial charge on any atom is -0.349 e. The topological polar surface area (TPSA) is 61.0 Å². The van der Waals surface area contributed by atoms with E-state index < -0.39 is 0 Å². The largest absolute Gasteiger partial charge is 0.349 e. The maximum Gasteiger partial charge on any atom is 0.271 e. The second-order valence-corrected chi connectivity index (χ2v) is 5.52. The monoisotopic (exact) mass is 264 g/mol. The summed E-state index contributed by atoms with van der Waals surface area (Å²) >= 11 is 0. The predicted octanol–water partition coefficient (Wildman–Crippen LogP) is 1.75. The molecule has 0 atom stereocenters. The van der Waals surface area contributed by atoms with Crippen molar-refractivity contribution in [2.24, 2.45) is 0 Å². The Balaban J connectivity index is 1.74. The molecule has 1 aromatic heterocycles. The molecule has 0 aliphatic carbocycles. The highest BCUT2D eigenvalue weighted by Gasteiger charge is 2.13. The fraction of sp³-hybridized carbons (Fsp3) is 0.714. The lowest BCUT2D eigenvalue weighted by molar-refractivity contribution is 0.0941. The van der Waals surface area contributed by atoms with E-state index in [0.717, 1.165) is 25.3 Å². The van der Waals surface area contributed by atoms with Crippen molar-refractivity contribution >= 4 is 5.91 Å². The number of hydrogen-bond donors (Lipinski definition) is 2. The highest BCUT2D eigenvalue weighted by atomic mass is 16.1. The number of amides is 1. The number of carbonyl (C=O) groups excluding carboxylic acids is 1. The van der Waals surface area contributed by atoms with Gasteiger partial charge in [0.1, 0.15) is 5.69 Å². The number of nitrogens with one attached hydrogen (secondary N) is 2. The third kappa shape index (κ3) is 4.06. The number of nitrogens with zero attached hydrogens (tertiary/aromatic N) is 2. The van der Waals surface area contributed by atoms with Gasteiger partial charge in [-0.15, -0.1) is 0 Å². The third-order valence-electron chi connectivity index (χ3n) is 3.61. The molecule has 2 heterocycles. The molecule has 1 aromatic rings. The lowest BCUT2D eigenvalue weighted by Gasteiger charge is -2.26. The number of rotatable bonds is 5. The van der Waals surface area contributed by atoms with Crippen molar-refractivity contribution in [3.8, 4) is 0 Å². The molecule has 0 unspecified atom stereocenters. The van der Waals surface area contributed by atoms with Crippen LogP contribution in [0.15, 0.2) is 6.07 Å². The molecular weight excluding hydrogens is 240 g/mol. The van der Waals surface area contributed by atoms with Crippen molar-refractivity contribution in [3.05, 3.63) is 17.5 Å². The Morgan fingerprint density at radius 2 is 2.16 bits per heavy atom. The second kappa shape index (κ2) is 6.70. The Bertz CT molecular complexity index is 407. The predicted molar refractivity (Wildman–Crippen MR) is 75.3 cm³/mol. The van der Waals surface area contributed by atoms with E-state index in [1.54, 1.807) is 0 Å². The van der Waals surface area contributed by atoms with E-state index in [1.807, 2.05) is 6.07 Å². The van der Waals surface area contributed by atoms with E-state index in [2.05, 4.69) is 34.3 Å². The molecule has 2 rings (SSSR count). The van der Waals surface area contributed by atoms with E-state index in [4.69, 9.17) is 0 Å². The average molecular weight is 264 g/mol. The lowest BCUT2D eigenvalue weighted by atomic mass is 10.1. The zero-order valence-electron chi connectivity index (χ0n) is 11.9. The molecule has 5 nitrogen and oxygen atoms in total. The highest BCUT2D eigenvalue weighted by Crippen LogP contribution is 2.11. The lowest BCUT2D eigenvalue weighted by Crippen LogP contribution is -2.37. The number of piperidine rings is 1. The van der Waals surface area contributed by atoms with Crippen molar-refractivity contribution in [2.45, 2.75) is 39.0 Å². The second-order valence-electron chi connectivity index (χ2n) is 5.52. The van der Waals surface area contributed by atoms with Crippen molar-refractivity contribution in [3.63, 3.8) is 0 Å². The SMILES string of the molecule is CC(C)c1cc(C(=O)NCCN2CCCCC2)n[nH]1. The van der Waals surface area contributed by atoms with Gasteiger partial charge in [0.15, 0.2) is 0 Å². The van der Waals surface area contributed by atoms with Gasteiger partial charge in [-0.2, -0.15) is 5.10 Å². The van der Waals surface area contributed by atoms with Crippen LogP contribution in [0, 0.1) is 0 Å². The maximum absolute atomic E-state index is 11.9. The summed E-state index contributed by atoms with van der Waals surface area (Å²) in [7, 11) is 0. The molecule has 0 radical (unpaired) electrons. The van der Waals surface area contributed by atoms with Crippen molar-refractivity contribution in [1.29, 1.82) is 0 Å². The molecule has 0 saturated carbocycles. The Kier molecular flexibility index (Phi) is 4.96. The first-order chi connectivity index (χ1) is 9.16. The zero-order chi connectivity index (χ0) is 13.7. The molecular formula is C14H24N4O. The normalized spacial score (nSPS) is 16.8. The van der Waals surface area contributed by atoms with E-state index in [0.29, 0.717) is 18.2 Å². The zero-order valence-corrected chi connectivity index (χ0v) is 11.9. The number of aromatic nitrogens is 2. The van der Waals surface area contributed by atoms with Crippen LogP contribution < -0.4 is 5.32 Å². The van der Waals surface area contributed by atoms with E-state index in [1.165, 1.54) is 19.3 Å². The Morgan fingerprint density at radius 1 is 1.42 bits per heavy atom. The Labute approximate surface area is 114 Å². The summed E-state index contributed by atoms with van der Waals surface area (Å²) in [6, 6.07) is 1.83. The van der Waals surface area contributed by atoms with Gasteiger partial charge >= 0.3 is 0 Å². The van der Waals surface area contributed by atoms with Crippen LogP contribution >= 0.6 is 0 Å². The van der Waals surface area contributed by atoms with Gasteiger partial charge < -0.3 is 10.2 Å². The summed E-state index contributed by atoms with van der Waals surface area (Å²) in [6.07, 6.45) is 3.91. The van der Waals surface area contributed by atoms with Gasteiger partial charge in [0.05, 0.1) is 0 Å². The summed E-state index contributed by atoms with van der Waals surface area (Å²) in [6.45, 7) is 8.11. The minimum absolute atomic E-state index is 0.0832. The van der Waals surface area contributed by atoms with Crippen LogP contribution in [-0.2, 0) is 0 Å². The quantitative estimate of drug-likeness (QED) is 0.851. The molecule has 106 valence electrons. The summed E-state index contributed by atoms with van der Waals surface area (Å²) in [4.78, 5) is 14.3. The summed E-state index contributed by atoms with van der Waals surface area (Å²) in [5, 5.41) is 9.89. The molecule has 19 heavy (non-hydrogen) atoms. The number of hydrogen-bond acceptors (Lipinski definition) is 3. The molecule has 0 bridgehead atoms. The van der Waals surface area contributed by atoms with Crippen LogP contribution in [0.25, 0.3) is 0 Å². The van der Waals surface area contributed by atoms with Crippen LogP contribution in [0.3, 0.4) is 0 Å². The van der Waals surface area contributed by atoms with Gasteiger partial charge in [-0.1, -0.05) is 20.3 Å². The molecule has 1 saturated heterocycles. The van der Waals surface area contributed by atoms with E-state index in [-0.39, 0.29) is 5.91 Å². The molecule has 1 aliphatic rings. The third-order valence-corrected chi connectivity index (χ3v) is 3.61. The van der Waals surface area contributed by atoms with Crippen molar-refractivity contribution in [2.75, 3.05) is 26.2 Å². The Morgan fingerprint density at radius 3 is 2.79 bits per heavy atom. The summed E-state index contributed by atoms with van der Waals surface area (Å²) < 4.78 is 0. The van der Waals surface area contributed by atoms with Crippen LogP contribution in [0.5, 0.6) is 0 Å². The number of carbonyl (C=O) groups is 1. The van der Waals surface area contributed by atoms with Gasteiger partial charge in [0.25, 0.3) is 5.91 Å². The molecule has 1 fully saturated rings. The van der Waals surface area contributed by atoms with Crippen LogP contribution in [0.4, 0.5) is 0 Å².